The van der Waals surface area contributed by atoms with Gasteiger partial charge in [0.2, 0.25) is 0 Å². The van der Waals surface area contributed by atoms with Gasteiger partial charge in [0, 0.05) is 5.56 Å². The second-order valence-corrected chi connectivity index (χ2v) is 3.73. The van der Waals surface area contributed by atoms with Crippen molar-refractivity contribution in [1.29, 1.82) is 0 Å². The van der Waals surface area contributed by atoms with Crippen LogP contribution in [0.2, 0.25) is 0 Å². The van der Waals surface area contributed by atoms with Gasteiger partial charge < -0.3 is 0 Å². The summed E-state index contributed by atoms with van der Waals surface area (Å²) in [6.45, 7) is 0. The van der Waals surface area contributed by atoms with E-state index >= 15 is 0 Å². The Balaban J connectivity index is 1.89. The van der Waals surface area contributed by atoms with E-state index in [4.69, 9.17) is 0 Å². The summed E-state index contributed by atoms with van der Waals surface area (Å²) < 4.78 is 0. The Bertz CT molecular complexity index is 525. The van der Waals surface area contributed by atoms with Crippen molar-refractivity contribution < 1.29 is 0 Å². The molecule has 17 heavy (non-hydrogen) atoms. The maximum atomic E-state index is 3.09. The van der Waals surface area contributed by atoms with Crippen molar-refractivity contribution in [1.82, 2.24) is 0 Å². The number of hydrogen-bond acceptors (Lipinski definition) is 0. The van der Waals surface area contributed by atoms with E-state index < -0.39 is 0 Å². The van der Waals surface area contributed by atoms with Crippen LogP contribution in [0.4, 0.5) is 0 Å². The highest BCUT2D eigenvalue weighted by atomic mass is 13.9. The molecular weight excluding hydrogens is 204 g/mol. The van der Waals surface area contributed by atoms with Gasteiger partial charge in [-0.2, -0.15) is 0 Å². The predicted octanol–water partition coefficient (Wildman–Crippen LogP) is 3.84. The first-order valence-corrected chi connectivity index (χ1v) is 5.71. The second kappa shape index (κ2) is 6.35. The summed E-state index contributed by atoms with van der Waals surface area (Å²) in [6, 6.07) is 20.4. The van der Waals surface area contributed by atoms with E-state index in [1.807, 2.05) is 42.5 Å². The van der Waals surface area contributed by atoms with Crippen LogP contribution in [0.5, 0.6) is 0 Å². The molecule has 82 valence electrons. The third-order valence-electron chi connectivity index (χ3n) is 2.39. The number of hydrogen-bond donors (Lipinski definition) is 0. The van der Waals surface area contributed by atoms with Gasteiger partial charge in [0.1, 0.15) is 0 Å². The van der Waals surface area contributed by atoms with Gasteiger partial charge in [-0.25, -0.2) is 0 Å². The molecule has 0 spiro atoms. The number of benzene rings is 2. The van der Waals surface area contributed by atoms with E-state index in [0.717, 1.165) is 12.0 Å². The van der Waals surface area contributed by atoms with Crippen LogP contribution < -0.4 is 0 Å². The lowest BCUT2D eigenvalue weighted by molar-refractivity contribution is 1.27. The van der Waals surface area contributed by atoms with Crippen molar-refractivity contribution in [2.24, 2.45) is 0 Å². The van der Waals surface area contributed by atoms with Crippen LogP contribution in [-0.2, 0) is 6.42 Å². The molecule has 0 aliphatic heterocycles. The Labute approximate surface area is 103 Å². The zero-order valence-electron chi connectivity index (χ0n) is 9.64. The molecule has 0 aliphatic carbocycles. The van der Waals surface area contributed by atoms with Crippen molar-refractivity contribution in [2.45, 2.75) is 6.42 Å². The minimum atomic E-state index is 0.935. The summed E-state index contributed by atoms with van der Waals surface area (Å²) in [5, 5.41) is 0. The number of allylic oxidation sites excluding steroid dienone is 2. The monoisotopic (exact) mass is 218 g/mol. The molecule has 0 bridgehead atoms. The third kappa shape index (κ3) is 4.01. The molecule has 0 amide bonds. The molecule has 2 aromatic carbocycles. The van der Waals surface area contributed by atoms with Crippen LogP contribution in [0, 0.1) is 11.8 Å². The van der Waals surface area contributed by atoms with Crippen molar-refractivity contribution in [2.75, 3.05) is 0 Å². The first-order chi connectivity index (χ1) is 8.45. The summed E-state index contributed by atoms with van der Waals surface area (Å²) in [5.74, 6) is 6.14. The van der Waals surface area contributed by atoms with Crippen LogP contribution in [-0.4, -0.2) is 0 Å². The van der Waals surface area contributed by atoms with Crippen LogP contribution in [0.3, 0.4) is 0 Å². The molecule has 0 radical (unpaired) electrons. The molecule has 0 aromatic heterocycles. The molecule has 0 aliphatic rings. The van der Waals surface area contributed by atoms with Crippen LogP contribution in [0.25, 0.3) is 0 Å². The largest absolute Gasteiger partial charge is 0.0717 e. The fourth-order valence-electron chi connectivity index (χ4n) is 1.51. The number of rotatable bonds is 2. The van der Waals surface area contributed by atoms with Crippen LogP contribution in [0.1, 0.15) is 11.1 Å². The average Bonchev–Trinajstić information content (AvgIpc) is 2.41. The Morgan fingerprint density at radius 3 is 2.18 bits per heavy atom. The normalized spacial score (nSPS) is 9.88. The van der Waals surface area contributed by atoms with Gasteiger partial charge in [-0.05, 0) is 30.2 Å². The van der Waals surface area contributed by atoms with Gasteiger partial charge in [0.25, 0.3) is 0 Å². The molecule has 0 nitrogen and oxygen atoms in total. The van der Waals surface area contributed by atoms with Crippen LogP contribution in [0.15, 0.2) is 72.8 Å². The van der Waals surface area contributed by atoms with Gasteiger partial charge >= 0.3 is 0 Å². The first-order valence-electron chi connectivity index (χ1n) is 5.71. The minimum Gasteiger partial charge on any atom is -0.0717 e. The zero-order chi connectivity index (χ0) is 11.8. The maximum Gasteiger partial charge on any atom is 0.0248 e. The second-order valence-electron chi connectivity index (χ2n) is 3.73. The summed E-state index contributed by atoms with van der Waals surface area (Å²) in [7, 11) is 0. The molecule has 0 saturated carbocycles. The molecule has 2 rings (SSSR count). The summed E-state index contributed by atoms with van der Waals surface area (Å²) in [5.41, 5.74) is 2.36. The van der Waals surface area contributed by atoms with Crippen LogP contribution >= 0.6 is 0 Å². The molecule has 0 heterocycles. The van der Waals surface area contributed by atoms with Gasteiger partial charge in [0.05, 0.1) is 0 Å². The highest BCUT2D eigenvalue weighted by molar-refractivity contribution is 5.36. The summed E-state index contributed by atoms with van der Waals surface area (Å²) in [4.78, 5) is 0. The summed E-state index contributed by atoms with van der Waals surface area (Å²) in [6.07, 6.45) is 4.94. The van der Waals surface area contributed by atoms with Crippen molar-refractivity contribution in [3.05, 3.63) is 83.9 Å². The van der Waals surface area contributed by atoms with E-state index in [-0.39, 0.29) is 0 Å². The van der Waals surface area contributed by atoms with Gasteiger partial charge in [0.15, 0.2) is 0 Å². The summed E-state index contributed by atoms with van der Waals surface area (Å²) >= 11 is 0. The lowest BCUT2D eigenvalue weighted by Crippen LogP contribution is -1.77. The topological polar surface area (TPSA) is 0 Å². The van der Waals surface area contributed by atoms with Crippen molar-refractivity contribution in [3.63, 3.8) is 0 Å². The van der Waals surface area contributed by atoms with Gasteiger partial charge in [-0.3, -0.25) is 0 Å². The van der Waals surface area contributed by atoms with Crippen molar-refractivity contribution in [3.8, 4) is 11.8 Å². The highest BCUT2D eigenvalue weighted by Crippen LogP contribution is 2.00. The maximum absolute atomic E-state index is 3.09. The Hall–Kier alpha value is -2.26. The Kier molecular flexibility index (Phi) is 4.20. The predicted molar refractivity (Wildman–Crippen MR) is 72.6 cm³/mol. The van der Waals surface area contributed by atoms with Crippen molar-refractivity contribution >= 4 is 0 Å². The van der Waals surface area contributed by atoms with E-state index in [0.29, 0.717) is 0 Å². The highest BCUT2D eigenvalue weighted by Gasteiger charge is 1.84. The molecule has 0 saturated heterocycles. The Morgan fingerprint density at radius 1 is 0.824 bits per heavy atom. The zero-order valence-corrected chi connectivity index (χ0v) is 9.64. The minimum absolute atomic E-state index is 0.935. The lowest BCUT2D eigenvalue weighted by atomic mass is 10.1. The lowest BCUT2D eigenvalue weighted by Gasteiger charge is -1.92. The molecular formula is C17H14. The smallest absolute Gasteiger partial charge is 0.0248 e. The quantitative estimate of drug-likeness (QED) is 0.672. The molecule has 0 unspecified atom stereocenters. The van der Waals surface area contributed by atoms with E-state index in [9.17, 15) is 0 Å². The average molecular weight is 218 g/mol. The molecule has 0 N–H and O–H groups in total. The third-order valence-corrected chi connectivity index (χ3v) is 2.39. The van der Waals surface area contributed by atoms with E-state index in [1.165, 1.54) is 5.56 Å². The Morgan fingerprint density at radius 2 is 1.47 bits per heavy atom. The molecule has 0 fully saturated rings. The molecule has 0 heteroatoms. The van der Waals surface area contributed by atoms with Gasteiger partial charge in [-0.15, -0.1) is 0 Å². The van der Waals surface area contributed by atoms with E-state index in [1.54, 1.807) is 0 Å². The molecule has 2 aromatic rings. The fourth-order valence-corrected chi connectivity index (χ4v) is 1.51. The van der Waals surface area contributed by atoms with E-state index in [2.05, 4.69) is 42.2 Å². The first kappa shape index (κ1) is 11.2. The fraction of sp³-hybridized carbons (Fsp3) is 0.0588. The van der Waals surface area contributed by atoms with Gasteiger partial charge in [-0.1, -0.05) is 66.4 Å². The standard InChI is InChI=1S/C17H14/c1-4-10-16(11-5-1)14-8-3-9-15-17-12-6-2-7-13-17/h1-8,10-13H,14H2/b8-3+. The molecule has 0 atom stereocenters. The SMILES string of the molecule is C(#Cc1ccccc1)/C=C/Cc1ccccc1.